The van der Waals surface area contributed by atoms with Crippen LogP contribution in [0, 0.1) is 13.8 Å². The molecule has 2 N–H and O–H groups in total. The van der Waals surface area contributed by atoms with Gasteiger partial charge in [0.15, 0.2) is 0 Å². The Hall–Kier alpha value is -1.89. The van der Waals surface area contributed by atoms with Gasteiger partial charge in [0.05, 0.1) is 12.2 Å². The van der Waals surface area contributed by atoms with E-state index in [1.54, 1.807) is 11.7 Å². The second-order valence-electron chi connectivity index (χ2n) is 5.88. The molecular formula is C15H25N5O2. The minimum atomic E-state index is -0.00375. The molecule has 7 heteroatoms. The summed E-state index contributed by atoms with van der Waals surface area (Å²) in [5.74, 6) is 0.0305. The zero-order chi connectivity index (χ0) is 16.1. The third kappa shape index (κ3) is 4.56. The maximum atomic E-state index is 12.1. The highest BCUT2D eigenvalue weighted by Gasteiger charge is 2.22. The van der Waals surface area contributed by atoms with Crippen molar-refractivity contribution in [2.75, 3.05) is 26.7 Å². The highest BCUT2D eigenvalue weighted by molar-refractivity contribution is 5.77. The fourth-order valence-corrected chi connectivity index (χ4v) is 2.76. The number of rotatable bonds is 5. The predicted octanol–water partition coefficient (Wildman–Crippen LogP) is -0.173. The summed E-state index contributed by atoms with van der Waals surface area (Å²) in [5.41, 5.74) is 1.92. The van der Waals surface area contributed by atoms with Crippen molar-refractivity contribution >= 4 is 11.8 Å². The molecule has 2 heterocycles. The van der Waals surface area contributed by atoms with Gasteiger partial charge in [-0.2, -0.15) is 5.10 Å². The average molecular weight is 307 g/mol. The number of carbonyl (C=O) groups is 2. The number of aryl methyl sites for hydroxylation is 2. The maximum absolute atomic E-state index is 12.1. The first kappa shape index (κ1) is 16.5. The van der Waals surface area contributed by atoms with Gasteiger partial charge in [-0.05, 0) is 32.8 Å². The molecule has 1 aliphatic rings. The van der Waals surface area contributed by atoms with Crippen molar-refractivity contribution in [2.24, 2.45) is 0 Å². The summed E-state index contributed by atoms with van der Waals surface area (Å²) in [4.78, 5) is 25.6. The van der Waals surface area contributed by atoms with Gasteiger partial charge in [-0.3, -0.25) is 19.2 Å². The molecule has 0 atom stereocenters. The van der Waals surface area contributed by atoms with E-state index in [0.717, 1.165) is 37.3 Å². The van der Waals surface area contributed by atoms with Crippen LogP contribution in [-0.2, 0) is 16.1 Å². The SMILES string of the molecule is CNC(=O)CN1CCC(NC(=O)Cn2nc(C)cc2C)CC1. The predicted molar refractivity (Wildman–Crippen MR) is 83.4 cm³/mol. The Morgan fingerprint density at radius 3 is 2.45 bits per heavy atom. The van der Waals surface area contributed by atoms with Crippen molar-refractivity contribution < 1.29 is 9.59 Å². The van der Waals surface area contributed by atoms with E-state index in [0.29, 0.717) is 6.54 Å². The lowest BCUT2D eigenvalue weighted by molar-refractivity contribution is -0.124. The van der Waals surface area contributed by atoms with E-state index in [-0.39, 0.29) is 24.4 Å². The quantitative estimate of drug-likeness (QED) is 0.791. The molecule has 1 fully saturated rings. The molecule has 0 spiro atoms. The second kappa shape index (κ2) is 7.40. The third-order valence-corrected chi connectivity index (χ3v) is 4.00. The van der Waals surface area contributed by atoms with Crippen molar-refractivity contribution in [3.8, 4) is 0 Å². The van der Waals surface area contributed by atoms with Gasteiger partial charge in [0.1, 0.15) is 6.54 Å². The number of piperidine rings is 1. The Morgan fingerprint density at radius 1 is 1.23 bits per heavy atom. The number of amides is 2. The summed E-state index contributed by atoms with van der Waals surface area (Å²) in [6.45, 7) is 6.23. The Bertz CT molecular complexity index is 532. The molecule has 1 aliphatic heterocycles. The van der Waals surface area contributed by atoms with Gasteiger partial charge in [-0.15, -0.1) is 0 Å². The smallest absolute Gasteiger partial charge is 0.241 e. The lowest BCUT2D eigenvalue weighted by Gasteiger charge is -2.31. The Kier molecular flexibility index (Phi) is 5.54. The minimum Gasteiger partial charge on any atom is -0.358 e. The van der Waals surface area contributed by atoms with Crippen molar-refractivity contribution in [1.82, 2.24) is 25.3 Å². The fourth-order valence-electron chi connectivity index (χ4n) is 2.76. The molecule has 0 saturated carbocycles. The van der Waals surface area contributed by atoms with Crippen LogP contribution in [-0.4, -0.2) is 59.2 Å². The molecule has 1 aromatic rings. The zero-order valence-corrected chi connectivity index (χ0v) is 13.6. The fraction of sp³-hybridized carbons (Fsp3) is 0.667. The first-order valence-electron chi connectivity index (χ1n) is 7.71. The van der Waals surface area contributed by atoms with Gasteiger partial charge >= 0.3 is 0 Å². The van der Waals surface area contributed by atoms with E-state index in [9.17, 15) is 9.59 Å². The van der Waals surface area contributed by atoms with Gasteiger partial charge < -0.3 is 10.6 Å². The summed E-state index contributed by atoms with van der Waals surface area (Å²) in [5, 5.41) is 10.00. The number of likely N-dealkylation sites (N-methyl/N-ethyl adjacent to an activating group) is 1. The molecule has 2 rings (SSSR count). The molecule has 0 unspecified atom stereocenters. The summed E-state index contributed by atoms with van der Waals surface area (Å²) in [6.07, 6.45) is 1.75. The molecular weight excluding hydrogens is 282 g/mol. The van der Waals surface area contributed by atoms with Crippen LogP contribution in [0.2, 0.25) is 0 Å². The second-order valence-corrected chi connectivity index (χ2v) is 5.88. The van der Waals surface area contributed by atoms with E-state index in [1.807, 2.05) is 19.9 Å². The molecule has 1 saturated heterocycles. The van der Waals surface area contributed by atoms with E-state index < -0.39 is 0 Å². The normalized spacial score (nSPS) is 16.5. The van der Waals surface area contributed by atoms with Crippen LogP contribution in [0.4, 0.5) is 0 Å². The molecule has 0 aromatic carbocycles. The van der Waals surface area contributed by atoms with Crippen LogP contribution in [0.1, 0.15) is 24.2 Å². The molecule has 1 aromatic heterocycles. The molecule has 7 nitrogen and oxygen atoms in total. The van der Waals surface area contributed by atoms with Crippen molar-refractivity contribution in [3.63, 3.8) is 0 Å². The van der Waals surface area contributed by atoms with Crippen LogP contribution >= 0.6 is 0 Å². The van der Waals surface area contributed by atoms with Crippen molar-refractivity contribution in [2.45, 2.75) is 39.3 Å². The third-order valence-electron chi connectivity index (χ3n) is 4.00. The molecule has 0 bridgehead atoms. The molecule has 22 heavy (non-hydrogen) atoms. The number of nitrogens with zero attached hydrogens (tertiary/aromatic N) is 3. The topological polar surface area (TPSA) is 79.3 Å². The molecule has 0 aliphatic carbocycles. The first-order chi connectivity index (χ1) is 10.5. The van der Waals surface area contributed by atoms with Crippen LogP contribution < -0.4 is 10.6 Å². The Labute approximate surface area is 131 Å². The van der Waals surface area contributed by atoms with Gasteiger partial charge in [-0.25, -0.2) is 0 Å². The first-order valence-corrected chi connectivity index (χ1v) is 7.71. The number of carbonyl (C=O) groups excluding carboxylic acids is 2. The average Bonchev–Trinajstić information content (AvgIpc) is 2.78. The highest BCUT2D eigenvalue weighted by atomic mass is 16.2. The minimum absolute atomic E-state index is 0.00375. The monoisotopic (exact) mass is 307 g/mol. The largest absolute Gasteiger partial charge is 0.358 e. The summed E-state index contributed by atoms with van der Waals surface area (Å²) >= 11 is 0. The zero-order valence-electron chi connectivity index (χ0n) is 13.6. The van der Waals surface area contributed by atoms with Crippen LogP contribution in [0.25, 0.3) is 0 Å². The van der Waals surface area contributed by atoms with Crippen LogP contribution in [0.5, 0.6) is 0 Å². The molecule has 0 radical (unpaired) electrons. The molecule has 2 amide bonds. The number of aromatic nitrogens is 2. The molecule has 122 valence electrons. The standard InChI is InChI=1S/C15H25N5O2/c1-11-8-12(2)20(18-11)10-15(22)17-13-4-6-19(7-5-13)9-14(21)16-3/h8,13H,4-7,9-10H2,1-3H3,(H,16,21)(H,17,22). The lowest BCUT2D eigenvalue weighted by atomic mass is 10.1. The van der Waals surface area contributed by atoms with Gasteiger partial charge in [0, 0.05) is 31.9 Å². The van der Waals surface area contributed by atoms with E-state index in [4.69, 9.17) is 0 Å². The number of hydrogen-bond acceptors (Lipinski definition) is 4. The lowest BCUT2D eigenvalue weighted by Crippen LogP contribution is -2.47. The van der Waals surface area contributed by atoms with Crippen LogP contribution in [0.3, 0.4) is 0 Å². The summed E-state index contributed by atoms with van der Waals surface area (Å²) in [7, 11) is 1.65. The van der Waals surface area contributed by atoms with E-state index in [1.165, 1.54) is 0 Å². The number of likely N-dealkylation sites (tertiary alicyclic amines) is 1. The highest BCUT2D eigenvalue weighted by Crippen LogP contribution is 2.10. The van der Waals surface area contributed by atoms with Crippen LogP contribution in [0.15, 0.2) is 6.07 Å². The van der Waals surface area contributed by atoms with Gasteiger partial charge in [0.2, 0.25) is 11.8 Å². The van der Waals surface area contributed by atoms with E-state index >= 15 is 0 Å². The Balaban J connectivity index is 1.75. The van der Waals surface area contributed by atoms with Gasteiger partial charge in [0.25, 0.3) is 0 Å². The van der Waals surface area contributed by atoms with E-state index in [2.05, 4.69) is 20.6 Å². The number of nitrogens with one attached hydrogen (secondary N) is 2. The summed E-state index contributed by atoms with van der Waals surface area (Å²) in [6, 6.07) is 2.15. The summed E-state index contributed by atoms with van der Waals surface area (Å²) < 4.78 is 1.73. The van der Waals surface area contributed by atoms with Crippen molar-refractivity contribution in [1.29, 1.82) is 0 Å². The van der Waals surface area contributed by atoms with Gasteiger partial charge in [-0.1, -0.05) is 0 Å². The Morgan fingerprint density at radius 2 is 1.91 bits per heavy atom. The maximum Gasteiger partial charge on any atom is 0.241 e. The number of hydrogen-bond donors (Lipinski definition) is 2. The van der Waals surface area contributed by atoms with Crippen molar-refractivity contribution in [3.05, 3.63) is 17.5 Å².